The second-order valence-electron chi connectivity index (χ2n) is 11.8. The van der Waals surface area contributed by atoms with Crippen molar-refractivity contribution in [2.24, 2.45) is 4.99 Å². The summed E-state index contributed by atoms with van der Waals surface area (Å²) >= 11 is 9.97. The van der Waals surface area contributed by atoms with Gasteiger partial charge in [-0.3, -0.25) is 28.3 Å². The van der Waals surface area contributed by atoms with Crippen molar-refractivity contribution in [3.05, 3.63) is 68.9 Å². The van der Waals surface area contributed by atoms with Crippen LogP contribution in [0.1, 0.15) is 43.5 Å². The van der Waals surface area contributed by atoms with Crippen molar-refractivity contribution in [1.29, 1.82) is 0 Å². The van der Waals surface area contributed by atoms with E-state index in [1.165, 1.54) is 27.3 Å². The van der Waals surface area contributed by atoms with Gasteiger partial charge < -0.3 is 35.6 Å². The maximum Gasteiger partial charge on any atom is 0.366 e. The lowest BCUT2D eigenvalue weighted by atomic mass is 10.1. The highest BCUT2D eigenvalue weighted by Gasteiger charge is 2.41. The van der Waals surface area contributed by atoms with Crippen molar-refractivity contribution in [3.63, 3.8) is 0 Å². The number of aliphatic hydroxyl groups excluding tert-OH is 1. The van der Waals surface area contributed by atoms with Gasteiger partial charge in [0.05, 0.1) is 28.5 Å². The summed E-state index contributed by atoms with van der Waals surface area (Å²) in [5, 5.41) is 20.4. The first-order chi connectivity index (χ1) is 25.9. The van der Waals surface area contributed by atoms with E-state index < -0.39 is 41.8 Å². The number of nitrogens with one attached hydrogen (secondary N) is 4. The number of aromatic nitrogens is 4. The molecular weight excluding hydrogens is 743 g/mol. The predicted molar refractivity (Wildman–Crippen MR) is 202 cm³/mol. The summed E-state index contributed by atoms with van der Waals surface area (Å²) in [4.78, 5) is 91.7. The van der Waals surface area contributed by atoms with Crippen molar-refractivity contribution in [2.45, 2.75) is 52.3 Å². The Bertz CT molecular complexity index is 2280. The number of fused-ring (bicyclic) bond motifs is 1. The Morgan fingerprint density at radius 3 is 2.41 bits per heavy atom. The normalized spacial score (nSPS) is 13.8. The van der Waals surface area contributed by atoms with Crippen LogP contribution >= 0.6 is 24.4 Å². The molecular formula is C34H35N9O9S2. The number of imidazole rings is 1. The van der Waals surface area contributed by atoms with E-state index in [2.05, 4.69) is 48.3 Å². The fraction of sp³-hybridized carbons (Fsp3) is 0.324. The van der Waals surface area contributed by atoms with Gasteiger partial charge >= 0.3 is 11.7 Å². The molecule has 1 aliphatic rings. The third-order valence-corrected chi connectivity index (χ3v) is 8.22. The van der Waals surface area contributed by atoms with Crippen LogP contribution in [0.3, 0.4) is 0 Å². The lowest BCUT2D eigenvalue weighted by Gasteiger charge is -2.16. The number of aryl methyl sites for hydroxylation is 1. The minimum Gasteiger partial charge on any atom is -0.484 e. The Morgan fingerprint density at radius 2 is 1.74 bits per heavy atom. The summed E-state index contributed by atoms with van der Waals surface area (Å²) in [5.74, 6) is -2.61. The zero-order valence-electron chi connectivity index (χ0n) is 29.0. The molecule has 2 aromatic heterocycles. The maximum atomic E-state index is 13.0. The van der Waals surface area contributed by atoms with Gasteiger partial charge in [0.25, 0.3) is 23.3 Å². The number of benzene rings is 2. The number of hydrogen-bond donors (Lipinski definition) is 5. The molecule has 1 aliphatic heterocycles. The minimum absolute atomic E-state index is 0.0478. The highest BCUT2D eigenvalue weighted by atomic mass is 32.1. The van der Waals surface area contributed by atoms with Crippen LogP contribution in [-0.4, -0.2) is 89.0 Å². The standard InChI is InChI=1S/C34H35N9O9S2/c1-3-13-41-29-27(31(48)42(14-4-2)34(41)50)39-28(40-29)19-5-8-21(9-6-19)51-17-25(45)35-11-12-36-33(54)38-23-15-20(37-18-53)7-10-22(23)32(49)52-43-26(46)16-24(44)30(43)47/h5-10,15,24,44H,3-4,11-14,16-17H2,1-2H3,(H,35,45)(H,39,40)(H2,36,38,54). The van der Waals surface area contributed by atoms with Crippen molar-refractivity contribution in [2.75, 3.05) is 25.0 Å². The topological polar surface area (TPSA) is 231 Å². The summed E-state index contributed by atoms with van der Waals surface area (Å²) < 4.78 is 8.34. The number of isothiocyanates is 1. The Labute approximate surface area is 317 Å². The monoisotopic (exact) mass is 777 g/mol. The molecule has 18 nitrogen and oxygen atoms in total. The number of aliphatic hydroxyl groups is 1. The zero-order valence-corrected chi connectivity index (χ0v) is 30.7. The maximum absolute atomic E-state index is 13.0. The predicted octanol–water partition coefficient (Wildman–Crippen LogP) is 1.78. The van der Waals surface area contributed by atoms with Gasteiger partial charge in [0.1, 0.15) is 23.2 Å². The van der Waals surface area contributed by atoms with Crippen LogP contribution in [0, 0.1) is 0 Å². The molecule has 0 spiro atoms. The summed E-state index contributed by atoms with van der Waals surface area (Å²) in [6.45, 7) is 4.58. The molecule has 1 saturated heterocycles. The number of ether oxygens (including phenoxy) is 1. The highest BCUT2D eigenvalue weighted by molar-refractivity contribution is 7.80. The average molecular weight is 778 g/mol. The van der Waals surface area contributed by atoms with E-state index >= 15 is 0 Å². The van der Waals surface area contributed by atoms with Gasteiger partial charge in [-0.25, -0.2) is 14.6 Å². The van der Waals surface area contributed by atoms with Crippen LogP contribution < -0.4 is 31.9 Å². The number of imide groups is 1. The number of thiocarbonyl (C=S) groups is 2. The minimum atomic E-state index is -1.60. The lowest BCUT2D eigenvalue weighted by Crippen LogP contribution is -2.40. The summed E-state index contributed by atoms with van der Waals surface area (Å²) in [7, 11) is 0. The molecule has 282 valence electrons. The smallest absolute Gasteiger partial charge is 0.366 e. The summed E-state index contributed by atoms with van der Waals surface area (Å²) in [5.41, 5.74) is 0.678. The number of carbonyl (C=O) groups is 4. The van der Waals surface area contributed by atoms with Crippen LogP contribution in [0.15, 0.2) is 57.0 Å². The number of rotatable bonds is 15. The summed E-state index contributed by atoms with van der Waals surface area (Å²) in [6, 6.07) is 10.9. The second kappa shape index (κ2) is 17.6. The molecule has 54 heavy (non-hydrogen) atoms. The van der Waals surface area contributed by atoms with Gasteiger partial charge in [0.2, 0.25) is 0 Å². The molecule has 2 aromatic carbocycles. The molecule has 5 rings (SSSR count). The summed E-state index contributed by atoms with van der Waals surface area (Å²) in [6.07, 6.45) is -0.792. The molecule has 1 fully saturated rings. The molecule has 1 unspecified atom stereocenters. The van der Waals surface area contributed by atoms with E-state index in [-0.39, 0.29) is 52.3 Å². The van der Waals surface area contributed by atoms with Crippen LogP contribution in [0.2, 0.25) is 0 Å². The number of hydrogen-bond acceptors (Lipinski definition) is 13. The van der Waals surface area contributed by atoms with Gasteiger partial charge in [0, 0.05) is 31.7 Å². The van der Waals surface area contributed by atoms with Crippen LogP contribution in [0.25, 0.3) is 22.6 Å². The molecule has 1 atom stereocenters. The number of aliphatic imine (C=N–C) groups is 1. The fourth-order valence-electron chi connectivity index (χ4n) is 5.36. The number of carbonyl (C=O) groups excluding carboxylic acids is 4. The largest absolute Gasteiger partial charge is 0.484 e. The quantitative estimate of drug-likeness (QED) is 0.0502. The molecule has 0 radical (unpaired) electrons. The van der Waals surface area contributed by atoms with Crippen LogP contribution in [0.5, 0.6) is 5.75 Å². The Hall–Kier alpha value is -6.08. The van der Waals surface area contributed by atoms with Crippen molar-refractivity contribution in [3.8, 4) is 17.1 Å². The first-order valence-corrected chi connectivity index (χ1v) is 17.5. The number of H-pyrrole nitrogens is 1. The molecule has 3 amide bonds. The van der Waals surface area contributed by atoms with E-state index in [4.69, 9.17) is 21.8 Å². The number of hydroxylamine groups is 2. The molecule has 0 saturated carbocycles. The van der Waals surface area contributed by atoms with E-state index in [0.717, 1.165) is 0 Å². The average Bonchev–Trinajstić information content (AvgIpc) is 3.70. The molecule has 0 bridgehead atoms. The Balaban J connectivity index is 1.12. The van der Waals surface area contributed by atoms with Crippen LogP contribution in [0.4, 0.5) is 11.4 Å². The molecule has 4 aromatic rings. The highest BCUT2D eigenvalue weighted by Crippen LogP contribution is 2.26. The fourth-order valence-corrected chi connectivity index (χ4v) is 5.68. The second-order valence-corrected chi connectivity index (χ2v) is 12.4. The molecule has 0 aliphatic carbocycles. The SMILES string of the molecule is CCCn1c(=O)c2[nH]c(-c3ccc(OCC(=O)NCCNC(=S)Nc4cc(N=C=S)ccc4C(=O)ON4C(=O)CC(O)C4=O)cc3)nc2n(CCC)c1=O. The molecule has 20 heteroatoms. The van der Waals surface area contributed by atoms with Crippen molar-refractivity contribution < 1.29 is 33.9 Å². The first-order valence-electron chi connectivity index (χ1n) is 16.7. The van der Waals surface area contributed by atoms with E-state index in [1.807, 2.05) is 13.8 Å². The van der Waals surface area contributed by atoms with Gasteiger partial charge in [-0.15, -0.1) is 0 Å². The molecule has 3 heterocycles. The zero-order chi connectivity index (χ0) is 38.9. The third kappa shape index (κ3) is 8.92. The van der Waals surface area contributed by atoms with Gasteiger partial charge in [-0.05, 0) is 79.7 Å². The molecule has 5 N–H and O–H groups in total. The van der Waals surface area contributed by atoms with E-state index in [1.54, 1.807) is 24.3 Å². The Morgan fingerprint density at radius 1 is 1.04 bits per heavy atom. The van der Waals surface area contributed by atoms with Crippen molar-refractivity contribution in [1.82, 2.24) is 34.8 Å². The number of aromatic amines is 1. The van der Waals surface area contributed by atoms with Gasteiger partial charge in [-0.1, -0.05) is 18.9 Å². The van der Waals surface area contributed by atoms with E-state index in [0.29, 0.717) is 54.4 Å². The Kier molecular flexibility index (Phi) is 12.8. The lowest BCUT2D eigenvalue weighted by molar-refractivity contribution is -0.175. The van der Waals surface area contributed by atoms with Gasteiger partial charge in [0.15, 0.2) is 17.4 Å². The van der Waals surface area contributed by atoms with Crippen molar-refractivity contribution >= 4 is 80.9 Å². The number of nitrogens with zero attached hydrogens (tertiary/aromatic N) is 5. The van der Waals surface area contributed by atoms with Crippen LogP contribution in [-0.2, 0) is 32.3 Å². The van der Waals surface area contributed by atoms with E-state index in [9.17, 15) is 33.9 Å². The third-order valence-electron chi connectivity index (χ3n) is 7.89. The van der Waals surface area contributed by atoms with Gasteiger partial charge in [-0.2, -0.15) is 4.99 Å². The number of amides is 3. The first kappa shape index (κ1) is 39.1. The number of anilines is 1.